The summed E-state index contributed by atoms with van der Waals surface area (Å²) in [6, 6.07) is 5.25. The largest absolute Gasteiger partial charge is 2.00 e. The van der Waals surface area contributed by atoms with Crippen LogP contribution in [0.3, 0.4) is 0 Å². The molecule has 0 amide bonds. The van der Waals surface area contributed by atoms with E-state index in [1.165, 1.54) is 20.8 Å². The SMILES string of the molecule is CC#N.CC#N.CC#N.F[P-](F)(F)(F)(F)F.[C]1=C=C=C=[C-]1.[Ru+2]. The van der Waals surface area contributed by atoms with E-state index in [2.05, 4.69) is 29.3 Å². The van der Waals surface area contributed by atoms with Gasteiger partial charge in [0.1, 0.15) is 0 Å². The first-order valence-corrected chi connectivity index (χ1v) is 6.46. The Bertz CT molecular complexity index is 487. The molecular formula is C11H9F6N3PRu. The summed E-state index contributed by atoms with van der Waals surface area (Å²) in [5.74, 6) is 0. The van der Waals surface area contributed by atoms with E-state index in [0.717, 1.165) is 0 Å². The number of hydrogen-bond donors (Lipinski definition) is 0. The molecule has 0 heterocycles. The molecule has 0 aromatic rings. The van der Waals surface area contributed by atoms with Gasteiger partial charge in [0.2, 0.25) is 0 Å². The second-order valence-electron chi connectivity index (χ2n) is 2.25. The topological polar surface area (TPSA) is 71.4 Å². The van der Waals surface area contributed by atoms with Gasteiger partial charge in [0.05, 0.1) is 18.2 Å². The van der Waals surface area contributed by atoms with E-state index < -0.39 is 7.81 Å². The zero-order chi connectivity index (χ0) is 18.1. The average molecular weight is 429 g/mol. The maximum Gasteiger partial charge on any atom is 2.00 e. The molecule has 1 aliphatic rings. The van der Waals surface area contributed by atoms with Gasteiger partial charge in [-0.15, -0.1) is 12.2 Å². The number of rotatable bonds is 0. The maximum atomic E-state index is 9.87. The van der Waals surface area contributed by atoms with Crippen LogP contribution in [0.5, 0.6) is 0 Å². The van der Waals surface area contributed by atoms with E-state index in [1.807, 2.05) is 0 Å². The third kappa shape index (κ3) is 530. The fraction of sp³-hybridized carbons (Fsp3) is 0.273. The van der Waals surface area contributed by atoms with Gasteiger partial charge in [-0.05, 0) is 0 Å². The average Bonchev–Trinajstić information content (AvgIpc) is 2.72. The number of halogens is 6. The van der Waals surface area contributed by atoms with Crippen molar-refractivity contribution in [2.75, 3.05) is 0 Å². The standard InChI is InChI=1S/C5.3C2H3N.F6P.Ru/c1-2-4-5-3-1;3*1-2-3;1-7(2,3,4,5)6;/h;3*1H3;;/q-1;;;;-1;+2. The first-order chi connectivity index (χ1) is 9.19. The Labute approximate surface area is 137 Å². The van der Waals surface area contributed by atoms with Crippen molar-refractivity contribution in [2.24, 2.45) is 0 Å². The van der Waals surface area contributed by atoms with Crippen molar-refractivity contribution < 1.29 is 44.7 Å². The second-order valence-corrected chi connectivity index (χ2v) is 4.17. The Morgan fingerprint density at radius 1 is 0.773 bits per heavy atom. The van der Waals surface area contributed by atoms with Crippen molar-refractivity contribution in [1.82, 2.24) is 0 Å². The summed E-state index contributed by atoms with van der Waals surface area (Å²) in [6.07, 6.45) is 5.00. The van der Waals surface area contributed by atoms with Crippen molar-refractivity contribution in [3.8, 4) is 18.2 Å². The summed E-state index contributed by atoms with van der Waals surface area (Å²) in [4.78, 5) is 0. The molecule has 0 fully saturated rings. The molecule has 123 valence electrons. The number of hydrogen-bond acceptors (Lipinski definition) is 3. The molecule has 0 aliphatic heterocycles. The van der Waals surface area contributed by atoms with Gasteiger partial charge < -0.3 is 0 Å². The minimum absolute atomic E-state index is 0. The summed E-state index contributed by atoms with van der Waals surface area (Å²) < 4.78 is 59.2. The summed E-state index contributed by atoms with van der Waals surface area (Å²) in [7, 11) is -10.7. The fourth-order valence-electron chi connectivity index (χ4n) is 0.156. The molecule has 0 bridgehead atoms. The normalized spacial score (nSPS) is 11.0. The third-order valence-electron chi connectivity index (χ3n) is 0.312. The zero-order valence-electron chi connectivity index (χ0n) is 11.4. The smallest absolute Gasteiger partial charge is 0.288 e. The van der Waals surface area contributed by atoms with E-state index in [1.54, 1.807) is 18.2 Å². The molecule has 0 unspecified atom stereocenters. The van der Waals surface area contributed by atoms with Crippen molar-refractivity contribution in [3.63, 3.8) is 0 Å². The molecule has 1 aliphatic carbocycles. The summed E-state index contributed by atoms with van der Waals surface area (Å²) in [5, 5.41) is 22.0. The molecule has 1 radical (unpaired) electrons. The molecule has 0 saturated carbocycles. The van der Waals surface area contributed by atoms with Crippen molar-refractivity contribution in [1.29, 1.82) is 15.8 Å². The van der Waals surface area contributed by atoms with Crippen molar-refractivity contribution >= 4 is 7.81 Å². The number of nitriles is 3. The Morgan fingerprint density at radius 3 is 1.05 bits per heavy atom. The van der Waals surface area contributed by atoms with Crippen molar-refractivity contribution in [2.45, 2.75) is 20.8 Å². The van der Waals surface area contributed by atoms with Gasteiger partial charge in [-0.3, -0.25) is 11.5 Å². The van der Waals surface area contributed by atoms with E-state index in [9.17, 15) is 25.2 Å². The Balaban J connectivity index is -0.0000000572. The quantitative estimate of drug-likeness (QED) is 0.166. The third-order valence-corrected chi connectivity index (χ3v) is 0.312. The van der Waals surface area contributed by atoms with Gasteiger partial charge in [-0.1, -0.05) is 0 Å². The fourth-order valence-corrected chi connectivity index (χ4v) is 0.156. The monoisotopic (exact) mass is 430 g/mol. The van der Waals surface area contributed by atoms with E-state index in [4.69, 9.17) is 15.8 Å². The van der Waals surface area contributed by atoms with Gasteiger partial charge in [0.25, 0.3) is 0 Å². The van der Waals surface area contributed by atoms with E-state index in [-0.39, 0.29) is 19.5 Å². The van der Waals surface area contributed by atoms with Crippen LogP contribution >= 0.6 is 7.81 Å². The van der Waals surface area contributed by atoms with Crippen LogP contribution in [0, 0.1) is 46.1 Å². The zero-order valence-corrected chi connectivity index (χ0v) is 14.0. The summed E-state index contributed by atoms with van der Waals surface area (Å²) in [6.45, 7) is 4.29. The molecule has 0 N–H and O–H groups in total. The van der Waals surface area contributed by atoms with Crippen LogP contribution in [0.15, 0.2) is 17.2 Å². The summed E-state index contributed by atoms with van der Waals surface area (Å²) in [5.41, 5.74) is 7.50. The predicted octanol–water partition coefficient (Wildman–Crippen LogP) is 5.60. The predicted molar refractivity (Wildman–Crippen MR) is 64.5 cm³/mol. The van der Waals surface area contributed by atoms with Crippen molar-refractivity contribution in [3.05, 3.63) is 29.3 Å². The molecule has 0 saturated heterocycles. The van der Waals surface area contributed by atoms with Gasteiger partial charge in [-0.25, -0.2) is 5.73 Å². The first-order valence-electron chi connectivity index (χ1n) is 4.44. The molecule has 22 heavy (non-hydrogen) atoms. The van der Waals surface area contributed by atoms with Gasteiger partial charge in [0, 0.05) is 20.8 Å². The Morgan fingerprint density at radius 2 is 1.00 bits per heavy atom. The molecule has 0 spiro atoms. The number of allylic oxidation sites excluding steroid dienone is 2. The molecule has 3 nitrogen and oxygen atoms in total. The molecule has 0 aromatic heterocycles. The van der Waals surface area contributed by atoms with Crippen LogP contribution in [0.2, 0.25) is 0 Å². The maximum absolute atomic E-state index is 10.7. The van der Waals surface area contributed by atoms with E-state index in [0.29, 0.717) is 0 Å². The first kappa shape index (κ1) is 32.2. The van der Waals surface area contributed by atoms with Crippen LogP contribution in [0.25, 0.3) is 0 Å². The van der Waals surface area contributed by atoms with Crippen LogP contribution in [-0.2, 0) is 19.5 Å². The number of nitrogens with zero attached hydrogens (tertiary/aromatic N) is 3. The minimum Gasteiger partial charge on any atom is -0.288 e. The molecule has 0 atom stereocenters. The Kier molecular flexibility index (Phi) is 20.7. The second kappa shape index (κ2) is 14.1. The molecular weight excluding hydrogens is 420 g/mol. The minimum atomic E-state index is -10.7. The molecule has 11 heteroatoms. The van der Waals surface area contributed by atoms with Crippen LogP contribution in [0.1, 0.15) is 20.8 Å². The van der Waals surface area contributed by atoms with Gasteiger partial charge >= 0.3 is 52.5 Å². The summed E-state index contributed by atoms with van der Waals surface area (Å²) >= 11 is 0. The van der Waals surface area contributed by atoms with E-state index >= 15 is 0 Å². The van der Waals surface area contributed by atoms with Crippen LogP contribution < -0.4 is 0 Å². The van der Waals surface area contributed by atoms with Crippen LogP contribution in [0.4, 0.5) is 25.2 Å². The van der Waals surface area contributed by atoms with Gasteiger partial charge in [-0.2, -0.15) is 15.8 Å². The Hall–Kier alpha value is -1.82. The molecule has 0 aromatic carbocycles. The van der Waals surface area contributed by atoms with Crippen LogP contribution in [-0.4, -0.2) is 0 Å². The molecule has 1 rings (SSSR count). The van der Waals surface area contributed by atoms with Gasteiger partial charge in [0.15, 0.2) is 0 Å².